The van der Waals surface area contributed by atoms with Crippen molar-refractivity contribution in [1.82, 2.24) is 10.6 Å². The summed E-state index contributed by atoms with van der Waals surface area (Å²) in [5, 5.41) is 6.21. The fraction of sp³-hybridized carbons (Fsp3) is 0.500. The van der Waals surface area contributed by atoms with Crippen LogP contribution >= 0.6 is 15.9 Å². The first-order valence-electron chi connectivity index (χ1n) is 6.54. The van der Waals surface area contributed by atoms with Gasteiger partial charge >= 0.3 is 0 Å². The molecule has 2 rings (SSSR count). The van der Waals surface area contributed by atoms with Gasteiger partial charge in [-0.1, -0.05) is 12.5 Å². The van der Waals surface area contributed by atoms with Crippen LogP contribution in [0.5, 0.6) is 5.75 Å². The number of hydrogen-bond acceptors (Lipinski definition) is 3. The molecule has 1 aromatic rings. The molecule has 0 bridgehead atoms. The van der Waals surface area contributed by atoms with Crippen molar-refractivity contribution in [2.75, 3.05) is 13.7 Å². The summed E-state index contributed by atoms with van der Waals surface area (Å²) in [7, 11) is 1.64. The molecule has 1 heterocycles. The fourth-order valence-electron chi connectivity index (χ4n) is 2.21. The van der Waals surface area contributed by atoms with Crippen molar-refractivity contribution in [2.45, 2.75) is 31.8 Å². The summed E-state index contributed by atoms with van der Waals surface area (Å²) in [6.07, 6.45) is 3.21. The van der Waals surface area contributed by atoms with E-state index in [9.17, 15) is 4.79 Å². The quantitative estimate of drug-likeness (QED) is 0.892. The van der Waals surface area contributed by atoms with Gasteiger partial charge in [-0.05, 0) is 53.0 Å². The maximum absolute atomic E-state index is 12.0. The number of carbonyl (C=O) groups is 1. The molecule has 1 atom stereocenters. The third-order valence-corrected chi connectivity index (χ3v) is 3.93. The highest BCUT2D eigenvalue weighted by molar-refractivity contribution is 9.10. The van der Waals surface area contributed by atoms with E-state index in [0.717, 1.165) is 41.6 Å². The van der Waals surface area contributed by atoms with E-state index in [1.807, 2.05) is 18.2 Å². The summed E-state index contributed by atoms with van der Waals surface area (Å²) < 4.78 is 6.08. The highest BCUT2D eigenvalue weighted by atomic mass is 79.9. The van der Waals surface area contributed by atoms with Crippen molar-refractivity contribution in [3.8, 4) is 5.75 Å². The third kappa shape index (κ3) is 3.94. The van der Waals surface area contributed by atoms with E-state index in [-0.39, 0.29) is 11.9 Å². The Balaban J connectivity index is 1.87. The van der Waals surface area contributed by atoms with Crippen molar-refractivity contribution in [2.24, 2.45) is 0 Å². The van der Waals surface area contributed by atoms with Crippen molar-refractivity contribution in [3.05, 3.63) is 28.2 Å². The topological polar surface area (TPSA) is 50.4 Å². The van der Waals surface area contributed by atoms with Crippen LogP contribution in [0.2, 0.25) is 0 Å². The number of ether oxygens (including phenoxy) is 1. The zero-order valence-electron chi connectivity index (χ0n) is 11.0. The Labute approximate surface area is 122 Å². The van der Waals surface area contributed by atoms with Crippen LogP contribution in [0.15, 0.2) is 22.7 Å². The van der Waals surface area contributed by atoms with Crippen molar-refractivity contribution in [1.29, 1.82) is 0 Å². The van der Waals surface area contributed by atoms with Gasteiger partial charge in [0, 0.05) is 6.54 Å². The van der Waals surface area contributed by atoms with Crippen molar-refractivity contribution < 1.29 is 9.53 Å². The number of halogens is 1. The molecule has 4 nitrogen and oxygen atoms in total. The lowest BCUT2D eigenvalue weighted by Gasteiger charge is -2.22. The van der Waals surface area contributed by atoms with Crippen LogP contribution < -0.4 is 15.4 Å². The normalized spacial score (nSPS) is 18.9. The summed E-state index contributed by atoms with van der Waals surface area (Å²) in [5.74, 6) is 0.885. The predicted octanol–water partition coefficient (Wildman–Crippen LogP) is 2.22. The van der Waals surface area contributed by atoms with Crippen molar-refractivity contribution >= 4 is 21.8 Å². The predicted molar refractivity (Wildman–Crippen MR) is 78.2 cm³/mol. The summed E-state index contributed by atoms with van der Waals surface area (Å²) in [6, 6.07) is 5.78. The van der Waals surface area contributed by atoms with Gasteiger partial charge in [-0.25, -0.2) is 0 Å². The number of methoxy groups -OCH3 is 1. The van der Waals surface area contributed by atoms with E-state index in [4.69, 9.17) is 4.74 Å². The van der Waals surface area contributed by atoms with Crippen LogP contribution in [0.4, 0.5) is 0 Å². The average Bonchev–Trinajstić information content (AvgIpc) is 2.46. The third-order valence-electron chi connectivity index (χ3n) is 3.31. The van der Waals surface area contributed by atoms with E-state index < -0.39 is 0 Å². The van der Waals surface area contributed by atoms with Crippen LogP contribution in [-0.2, 0) is 11.3 Å². The number of amides is 1. The minimum atomic E-state index is -0.0320. The van der Waals surface area contributed by atoms with E-state index in [0.29, 0.717) is 6.54 Å². The van der Waals surface area contributed by atoms with Crippen molar-refractivity contribution in [3.63, 3.8) is 0 Å². The first-order chi connectivity index (χ1) is 9.20. The largest absolute Gasteiger partial charge is 0.496 e. The molecule has 0 spiro atoms. The van der Waals surface area contributed by atoms with Crippen LogP contribution in [0.3, 0.4) is 0 Å². The van der Waals surface area contributed by atoms with E-state index in [2.05, 4.69) is 26.6 Å². The molecular weight excluding hydrogens is 308 g/mol. The lowest BCUT2D eigenvalue weighted by atomic mass is 10.0. The SMILES string of the molecule is COc1ccc(CNC(=O)C2CCCCN2)cc1Br. The molecule has 1 saturated heterocycles. The second-order valence-electron chi connectivity index (χ2n) is 4.69. The molecule has 1 fully saturated rings. The lowest BCUT2D eigenvalue weighted by molar-refractivity contribution is -0.123. The van der Waals surface area contributed by atoms with Gasteiger partial charge in [0.25, 0.3) is 0 Å². The molecule has 1 aromatic carbocycles. The summed E-state index contributed by atoms with van der Waals surface area (Å²) >= 11 is 3.44. The first kappa shape index (κ1) is 14.3. The Morgan fingerprint density at radius 3 is 3.00 bits per heavy atom. The van der Waals surface area contributed by atoms with E-state index in [1.165, 1.54) is 0 Å². The molecule has 104 valence electrons. The monoisotopic (exact) mass is 326 g/mol. The number of benzene rings is 1. The number of hydrogen-bond donors (Lipinski definition) is 2. The second-order valence-corrected chi connectivity index (χ2v) is 5.54. The minimum Gasteiger partial charge on any atom is -0.496 e. The minimum absolute atomic E-state index is 0.0320. The highest BCUT2D eigenvalue weighted by Crippen LogP contribution is 2.25. The molecular formula is C14H19BrN2O2. The van der Waals surface area contributed by atoms with Gasteiger partial charge in [0.2, 0.25) is 5.91 Å². The number of piperidine rings is 1. The van der Waals surface area contributed by atoms with Gasteiger partial charge in [-0.15, -0.1) is 0 Å². The van der Waals surface area contributed by atoms with Gasteiger partial charge in [0.05, 0.1) is 17.6 Å². The molecule has 0 aromatic heterocycles. The summed E-state index contributed by atoms with van der Waals surface area (Å²) in [5.41, 5.74) is 1.05. The standard InChI is InChI=1S/C14H19BrN2O2/c1-19-13-6-5-10(8-11(13)15)9-17-14(18)12-4-2-3-7-16-12/h5-6,8,12,16H,2-4,7,9H2,1H3,(H,17,18). The molecule has 5 heteroatoms. The number of nitrogens with one attached hydrogen (secondary N) is 2. The lowest BCUT2D eigenvalue weighted by Crippen LogP contribution is -2.46. The molecule has 0 radical (unpaired) electrons. The summed E-state index contributed by atoms with van der Waals surface area (Å²) in [4.78, 5) is 12.0. The van der Waals surface area contributed by atoms with Gasteiger partial charge in [-0.3, -0.25) is 4.79 Å². The molecule has 1 aliphatic rings. The van der Waals surface area contributed by atoms with Gasteiger partial charge < -0.3 is 15.4 Å². The average molecular weight is 327 g/mol. The van der Waals surface area contributed by atoms with E-state index >= 15 is 0 Å². The number of rotatable bonds is 4. The Kier molecular flexibility index (Phi) is 5.22. The van der Waals surface area contributed by atoms with Gasteiger partial charge in [0.15, 0.2) is 0 Å². The van der Waals surface area contributed by atoms with Gasteiger partial charge in [-0.2, -0.15) is 0 Å². The summed E-state index contributed by atoms with van der Waals surface area (Å²) in [6.45, 7) is 1.48. The molecule has 0 aliphatic carbocycles. The maximum atomic E-state index is 12.0. The van der Waals surface area contributed by atoms with Crippen LogP contribution in [-0.4, -0.2) is 25.6 Å². The van der Waals surface area contributed by atoms with Crippen LogP contribution in [0.25, 0.3) is 0 Å². The van der Waals surface area contributed by atoms with Gasteiger partial charge in [0.1, 0.15) is 5.75 Å². The second kappa shape index (κ2) is 6.91. The number of carbonyl (C=O) groups excluding carboxylic acids is 1. The molecule has 1 amide bonds. The Hall–Kier alpha value is -1.07. The molecule has 2 N–H and O–H groups in total. The van der Waals surface area contributed by atoms with Crippen LogP contribution in [0, 0.1) is 0 Å². The molecule has 0 saturated carbocycles. The highest BCUT2D eigenvalue weighted by Gasteiger charge is 2.19. The zero-order chi connectivity index (χ0) is 13.7. The zero-order valence-corrected chi connectivity index (χ0v) is 12.6. The Morgan fingerprint density at radius 1 is 1.53 bits per heavy atom. The fourth-order valence-corrected chi connectivity index (χ4v) is 2.80. The van der Waals surface area contributed by atoms with Crippen LogP contribution in [0.1, 0.15) is 24.8 Å². The first-order valence-corrected chi connectivity index (χ1v) is 7.33. The smallest absolute Gasteiger partial charge is 0.237 e. The molecule has 1 aliphatic heterocycles. The molecule has 19 heavy (non-hydrogen) atoms. The maximum Gasteiger partial charge on any atom is 0.237 e. The Bertz CT molecular complexity index is 445. The Morgan fingerprint density at radius 2 is 2.37 bits per heavy atom. The molecule has 1 unspecified atom stereocenters. The van der Waals surface area contributed by atoms with E-state index in [1.54, 1.807) is 7.11 Å².